The number of ketones is 1. The van der Waals surface area contributed by atoms with Gasteiger partial charge in [0, 0.05) is 55.4 Å². The van der Waals surface area contributed by atoms with Gasteiger partial charge in [0.05, 0.1) is 6.04 Å². The molecule has 160 valence electrons. The smallest absolute Gasteiger partial charge is 0.251 e. The van der Waals surface area contributed by atoms with E-state index in [0.29, 0.717) is 38.3 Å². The predicted octanol–water partition coefficient (Wildman–Crippen LogP) is 3.42. The number of nitrogens with zero attached hydrogens (tertiary/aromatic N) is 2. The van der Waals surface area contributed by atoms with Gasteiger partial charge in [-0.15, -0.1) is 0 Å². The molecule has 0 radical (unpaired) electrons. The lowest BCUT2D eigenvalue weighted by atomic mass is 9.95. The molecule has 2 aromatic carbocycles. The fourth-order valence-corrected chi connectivity index (χ4v) is 4.76. The van der Waals surface area contributed by atoms with Crippen LogP contribution in [-0.4, -0.2) is 65.4 Å². The number of amides is 1. The number of fused-ring (bicyclic) bond motifs is 1. The van der Waals surface area contributed by atoms with E-state index >= 15 is 0 Å². The summed E-state index contributed by atoms with van der Waals surface area (Å²) < 4.78 is 5.58. The van der Waals surface area contributed by atoms with E-state index in [9.17, 15) is 9.59 Å². The fraction of sp³-hybridized carbons (Fsp3) is 0.360. The molecule has 3 heterocycles. The molecule has 2 aliphatic heterocycles. The number of Topliss-reactive ketones (excluding diaryl/α,β-unsaturated/α-hetero) is 1. The third kappa shape index (κ3) is 3.89. The molecule has 0 saturated carbocycles. The number of ether oxygens (including phenoxy) is 1. The summed E-state index contributed by atoms with van der Waals surface area (Å²) in [5.41, 5.74) is 2.66. The lowest BCUT2D eigenvalue weighted by molar-refractivity contribution is -0.142. The van der Waals surface area contributed by atoms with Gasteiger partial charge in [0.1, 0.15) is 6.10 Å². The Balaban J connectivity index is 1.39. The second-order valence-electron chi connectivity index (χ2n) is 8.29. The zero-order chi connectivity index (χ0) is 21.2. The monoisotopic (exact) mass is 417 g/mol. The average Bonchev–Trinajstić information content (AvgIpc) is 3.50. The van der Waals surface area contributed by atoms with Gasteiger partial charge in [-0.3, -0.25) is 14.5 Å². The van der Waals surface area contributed by atoms with Crippen molar-refractivity contribution in [1.82, 2.24) is 14.8 Å². The van der Waals surface area contributed by atoms with E-state index < -0.39 is 0 Å². The van der Waals surface area contributed by atoms with Gasteiger partial charge in [-0.2, -0.15) is 0 Å². The maximum Gasteiger partial charge on any atom is 0.251 e. The quantitative estimate of drug-likeness (QED) is 0.646. The molecular formula is C25H27N3O3. The summed E-state index contributed by atoms with van der Waals surface area (Å²) in [6.07, 6.45) is 3.29. The van der Waals surface area contributed by atoms with Crippen LogP contribution in [0.1, 0.15) is 34.8 Å². The molecule has 2 atom stereocenters. The van der Waals surface area contributed by atoms with Gasteiger partial charge in [0.15, 0.2) is 5.78 Å². The summed E-state index contributed by atoms with van der Waals surface area (Å²) >= 11 is 0. The Morgan fingerprint density at radius 1 is 0.968 bits per heavy atom. The first-order chi connectivity index (χ1) is 15.2. The molecule has 0 bridgehead atoms. The van der Waals surface area contributed by atoms with Gasteiger partial charge in [-0.05, 0) is 24.5 Å². The number of piperazine rings is 1. The van der Waals surface area contributed by atoms with Gasteiger partial charge in [0.2, 0.25) is 0 Å². The third-order valence-corrected chi connectivity index (χ3v) is 6.41. The second kappa shape index (κ2) is 8.65. The molecular weight excluding hydrogens is 390 g/mol. The summed E-state index contributed by atoms with van der Waals surface area (Å²) in [6, 6.07) is 17.5. The third-order valence-electron chi connectivity index (χ3n) is 6.41. The standard InChI is InChI=1S/C25H27N3O3/c29-24(20-17-26-21-10-5-4-9-19(20)21)23(18-7-2-1-3-8-18)27-12-14-28(15-13-27)25(30)22-11-6-16-31-22/h1-5,7-10,17,22-23,26H,6,11-16H2/t22-,23-/m0/s1. The fourth-order valence-electron chi connectivity index (χ4n) is 4.76. The van der Waals surface area contributed by atoms with E-state index in [2.05, 4.69) is 9.88 Å². The van der Waals surface area contributed by atoms with Crippen LogP contribution in [0.15, 0.2) is 60.8 Å². The van der Waals surface area contributed by atoms with Gasteiger partial charge in [-0.25, -0.2) is 0 Å². The predicted molar refractivity (Wildman–Crippen MR) is 119 cm³/mol. The van der Waals surface area contributed by atoms with Crippen LogP contribution in [0.5, 0.6) is 0 Å². The van der Waals surface area contributed by atoms with E-state index in [-0.39, 0.29) is 23.8 Å². The molecule has 3 aromatic rings. The van der Waals surface area contributed by atoms with Crippen molar-refractivity contribution in [3.63, 3.8) is 0 Å². The van der Waals surface area contributed by atoms with Crippen LogP contribution in [-0.2, 0) is 9.53 Å². The van der Waals surface area contributed by atoms with Crippen LogP contribution in [0.2, 0.25) is 0 Å². The van der Waals surface area contributed by atoms with Gasteiger partial charge in [0.25, 0.3) is 5.91 Å². The number of benzene rings is 2. The maximum absolute atomic E-state index is 13.8. The van der Waals surface area contributed by atoms with E-state index in [1.807, 2.05) is 65.7 Å². The van der Waals surface area contributed by atoms with Crippen LogP contribution in [0.4, 0.5) is 0 Å². The van der Waals surface area contributed by atoms with Gasteiger partial charge in [-0.1, -0.05) is 48.5 Å². The molecule has 2 saturated heterocycles. The molecule has 31 heavy (non-hydrogen) atoms. The molecule has 0 unspecified atom stereocenters. The molecule has 5 rings (SSSR count). The van der Waals surface area contributed by atoms with E-state index in [0.717, 1.165) is 29.3 Å². The largest absolute Gasteiger partial charge is 0.368 e. The van der Waals surface area contributed by atoms with Crippen molar-refractivity contribution in [2.45, 2.75) is 25.0 Å². The summed E-state index contributed by atoms with van der Waals surface area (Å²) in [6.45, 7) is 3.22. The van der Waals surface area contributed by atoms with Crippen LogP contribution in [0.25, 0.3) is 10.9 Å². The SMILES string of the molecule is O=C(c1c[nH]c2ccccc12)[C@H](c1ccccc1)N1CCN(C(=O)[C@@H]2CCCO2)CC1. The topological polar surface area (TPSA) is 65.6 Å². The molecule has 6 nitrogen and oxygen atoms in total. The van der Waals surface area contributed by atoms with Crippen molar-refractivity contribution < 1.29 is 14.3 Å². The number of aromatic amines is 1. The number of aromatic nitrogens is 1. The number of hydrogen-bond donors (Lipinski definition) is 1. The van der Waals surface area contributed by atoms with Crippen molar-refractivity contribution >= 4 is 22.6 Å². The zero-order valence-electron chi connectivity index (χ0n) is 17.5. The van der Waals surface area contributed by atoms with Crippen LogP contribution in [0.3, 0.4) is 0 Å². The van der Waals surface area contributed by atoms with Crippen LogP contribution < -0.4 is 0 Å². The summed E-state index contributed by atoms with van der Waals surface area (Å²) in [5, 5.41) is 0.945. The van der Waals surface area contributed by atoms with Crippen molar-refractivity contribution in [2.24, 2.45) is 0 Å². The molecule has 2 fully saturated rings. The Kier molecular flexibility index (Phi) is 5.57. The summed E-state index contributed by atoms with van der Waals surface area (Å²) in [4.78, 5) is 33.8. The highest BCUT2D eigenvalue weighted by Crippen LogP contribution is 2.30. The van der Waals surface area contributed by atoms with Crippen LogP contribution in [0, 0.1) is 0 Å². The number of carbonyl (C=O) groups is 2. The Labute approximate surface area is 181 Å². The Morgan fingerprint density at radius 3 is 2.45 bits per heavy atom. The minimum atomic E-state index is -0.375. The molecule has 1 aromatic heterocycles. The number of hydrogen-bond acceptors (Lipinski definition) is 4. The minimum Gasteiger partial charge on any atom is -0.368 e. The first-order valence-electron chi connectivity index (χ1n) is 11.0. The molecule has 1 amide bonds. The van der Waals surface area contributed by atoms with E-state index in [1.54, 1.807) is 0 Å². The van der Waals surface area contributed by atoms with Gasteiger partial charge >= 0.3 is 0 Å². The second-order valence-corrected chi connectivity index (χ2v) is 8.29. The van der Waals surface area contributed by atoms with E-state index in [4.69, 9.17) is 4.74 Å². The average molecular weight is 418 g/mol. The highest BCUT2D eigenvalue weighted by molar-refractivity contribution is 6.10. The first kappa shape index (κ1) is 20.0. The molecule has 0 aliphatic carbocycles. The normalized spacial score (nSPS) is 20.8. The van der Waals surface area contributed by atoms with Crippen molar-refractivity contribution in [1.29, 1.82) is 0 Å². The Morgan fingerprint density at radius 2 is 1.71 bits per heavy atom. The first-order valence-corrected chi connectivity index (χ1v) is 11.0. The number of nitrogens with one attached hydrogen (secondary N) is 1. The Hall–Kier alpha value is -2.96. The highest BCUT2D eigenvalue weighted by Gasteiger charge is 2.35. The maximum atomic E-state index is 13.8. The zero-order valence-corrected chi connectivity index (χ0v) is 17.5. The number of rotatable bonds is 5. The number of carbonyl (C=O) groups excluding carboxylic acids is 2. The lowest BCUT2D eigenvalue weighted by Crippen LogP contribution is -2.53. The molecule has 2 aliphatic rings. The van der Waals surface area contributed by atoms with E-state index in [1.165, 1.54) is 0 Å². The lowest BCUT2D eigenvalue weighted by Gasteiger charge is -2.39. The highest BCUT2D eigenvalue weighted by atomic mass is 16.5. The molecule has 0 spiro atoms. The van der Waals surface area contributed by atoms with Crippen LogP contribution >= 0.6 is 0 Å². The summed E-state index contributed by atoms with van der Waals surface area (Å²) in [5.74, 6) is 0.180. The number of H-pyrrole nitrogens is 1. The molecule has 1 N–H and O–H groups in total. The van der Waals surface area contributed by atoms with Crippen molar-refractivity contribution in [2.75, 3.05) is 32.8 Å². The molecule has 6 heteroatoms. The number of para-hydroxylation sites is 1. The van der Waals surface area contributed by atoms with Crippen molar-refractivity contribution in [3.05, 3.63) is 71.9 Å². The van der Waals surface area contributed by atoms with Crippen molar-refractivity contribution in [3.8, 4) is 0 Å². The summed E-state index contributed by atoms with van der Waals surface area (Å²) in [7, 11) is 0. The van der Waals surface area contributed by atoms with Gasteiger partial charge < -0.3 is 14.6 Å². The Bertz CT molecular complexity index is 1060. The minimum absolute atomic E-state index is 0.0857.